The fourth-order valence-electron chi connectivity index (χ4n) is 5.97. The van der Waals surface area contributed by atoms with E-state index in [9.17, 15) is 24.0 Å². The van der Waals surface area contributed by atoms with Crippen LogP contribution in [0, 0.1) is 23.7 Å². The quantitative estimate of drug-likeness (QED) is 0.201. The molecule has 0 radical (unpaired) electrons. The molecule has 1 aliphatic heterocycles. The summed E-state index contributed by atoms with van der Waals surface area (Å²) in [6.45, 7) is -0.485. The Labute approximate surface area is 217 Å². The first-order chi connectivity index (χ1) is 18.4. The second-order valence-electron chi connectivity index (χ2n) is 9.83. The van der Waals surface area contributed by atoms with Crippen molar-refractivity contribution in [1.29, 1.82) is 0 Å². The van der Waals surface area contributed by atoms with Gasteiger partial charge in [-0.05, 0) is 91.8 Å². The number of rotatable bonds is 7. The van der Waals surface area contributed by atoms with Gasteiger partial charge in [0, 0.05) is 5.56 Å². The Morgan fingerprint density at radius 2 is 1.45 bits per heavy atom. The lowest BCUT2D eigenvalue weighted by molar-refractivity contribution is -0.123. The van der Waals surface area contributed by atoms with Crippen LogP contribution < -0.4 is 9.64 Å². The summed E-state index contributed by atoms with van der Waals surface area (Å²) in [5.41, 5.74) is 0.909. The van der Waals surface area contributed by atoms with Gasteiger partial charge in [-0.25, -0.2) is 9.59 Å². The second-order valence-corrected chi connectivity index (χ2v) is 9.83. The summed E-state index contributed by atoms with van der Waals surface area (Å²) in [6, 6.07) is 14.9. The summed E-state index contributed by atoms with van der Waals surface area (Å²) in [4.78, 5) is 64.1. The number of fused-ring (bicyclic) bond motifs is 5. The van der Waals surface area contributed by atoms with Crippen LogP contribution in [0.1, 0.15) is 50.5 Å². The zero-order chi connectivity index (χ0) is 26.4. The van der Waals surface area contributed by atoms with E-state index in [0.29, 0.717) is 17.5 Å². The van der Waals surface area contributed by atoms with E-state index >= 15 is 0 Å². The number of benzene rings is 2. The van der Waals surface area contributed by atoms with Crippen molar-refractivity contribution in [3.8, 4) is 5.75 Å². The lowest BCUT2D eigenvalue weighted by atomic mass is 9.81. The molecule has 4 unspecified atom stereocenters. The van der Waals surface area contributed by atoms with E-state index in [0.717, 1.165) is 19.3 Å². The zero-order valence-electron chi connectivity index (χ0n) is 20.2. The van der Waals surface area contributed by atoms with Gasteiger partial charge < -0.3 is 13.9 Å². The highest BCUT2D eigenvalue weighted by atomic mass is 16.5. The van der Waals surface area contributed by atoms with Gasteiger partial charge in [-0.15, -0.1) is 0 Å². The first-order valence-electron chi connectivity index (χ1n) is 12.4. The summed E-state index contributed by atoms with van der Waals surface area (Å²) in [7, 11) is 0. The van der Waals surface area contributed by atoms with Gasteiger partial charge in [-0.3, -0.25) is 19.3 Å². The number of hydrogen-bond donors (Lipinski definition) is 0. The molecule has 2 bridgehead atoms. The molecule has 2 amide bonds. The molecule has 2 aromatic carbocycles. The number of esters is 2. The van der Waals surface area contributed by atoms with Gasteiger partial charge in [-0.2, -0.15) is 0 Å². The summed E-state index contributed by atoms with van der Waals surface area (Å²) in [5.74, 6) is -1.65. The first-order valence-corrected chi connectivity index (χ1v) is 12.4. The molecule has 1 saturated heterocycles. The minimum Gasteiger partial charge on any atom is -0.457 e. The number of ether oxygens (including phenoxy) is 2. The maximum absolute atomic E-state index is 13.0. The average Bonchev–Trinajstić information content (AvgIpc) is 3.73. The van der Waals surface area contributed by atoms with E-state index in [4.69, 9.17) is 13.9 Å². The molecule has 0 N–H and O–H groups in total. The fourth-order valence-corrected chi connectivity index (χ4v) is 5.97. The Kier molecular flexibility index (Phi) is 5.90. The second kappa shape index (κ2) is 9.41. The van der Waals surface area contributed by atoms with Crippen LogP contribution in [0.3, 0.4) is 0 Å². The van der Waals surface area contributed by atoms with Gasteiger partial charge in [0.15, 0.2) is 12.4 Å². The molecule has 2 aliphatic carbocycles. The van der Waals surface area contributed by atoms with E-state index in [1.807, 2.05) is 0 Å². The highest BCUT2D eigenvalue weighted by Gasteiger charge is 2.61. The van der Waals surface area contributed by atoms with Gasteiger partial charge in [0.05, 0.1) is 29.3 Å². The third-order valence-electron chi connectivity index (χ3n) is 7.73. The number of hydrogen-bond acceptors (Lipinski definition) is 8. The number of ketones is 1. The van der Waals surface area contributed by atoms with Crippen LogP contribution in [0.15, 0.2) is 71.3 Å². The minimum absolute atomic E-state index is 0.0539. The van der Waals surface area contributed by atoms with Gasteiger partial charge in [0.1, 0.15) is 5.75 Å². The predicted octanol–water partition coefficient (Wildman–Crippen LogP) is 4.07. The maximum atomic E-state index is 13.0. The molecule has 2 heterocycles. The molecule has 0 spiro atoms. The molecule has 9 nitrogen and oxygen atoms in total. The van der Waals surface area contributed by atoms with Crippen LogP contribution in [0.5, 0.6) is 5.75 Å². The highest BCUT2D eigenvalue weighted by molar-refractivity contribution is 6.22. The number of nitrogens with zero attached hydrogens (tertiary/aromatic N) is 1. The molecule has 1 aromatic heterocycles. The van der Waals surface area contributed by atoms with Crippen LogP contribution in [-0.2, 0) is 14.3 Å². The molecule has 192 valence electrons. The molecule has 4 atom stereocenters. The summed E-state index contributed by atoms with van der Waals surface area (Å²) < 4.78 is 15.3. The van der Waals surface area contributed by atoms with Crippen LogP contribution >= 0.6 is 0 Å². The molecule has 38 heavy (non-hydrogen) atoms. The number of carbonyl (C=O) groups excluding carboxylic acids is 5. The number of furan rings is 1. The van der Waals surface area contributed by atoms with E-state index in [-0.39, 0.29) is 46.3 Å². The van der Waals surface area contributed by atoms with E-state index in [2.05, 4.69) is 0 Å². The molecule has 2 saturated carbocycles. The highest BCUT2D eigenvalue weighted by Crippen LogP contribution is 2.56. The Bertz CT molecular complexity index is 1400. The third-order valence-corrected chi connectivity index (χ3v) is 7.73. The summed E-state index contributed by atoms with van der Waals surface area (Å²) in [6.07, 6.45) is 4.33. The number of amides is 2. The molecule has 3 aliphatic rings. The number of anilines is 1. The molecule has 3 aromatic rings. The molecular weight excluding hydrogens is 490 g/mol. The molecule has 9 heteroatoms. The van der Waals surface area contributed by atoms with E-state index < -0.39 is 24.3 Å². The van der Waals surface area contributed by atoms with Gasteiger partial charge >= 0.3 is 11.9 Å². The monoisotopic (exact) mass is 513 g/mol. The maximum Gasteiger partial charge on any atom is 0.379 e. The average molecular weight is 514 g/mol. The van der Waals surface area contributed by atoms with Crippen molar-refractivity contribution in [2.24, 2.45) is 23.7 Å². The topological polar surface area (TPSA) is 120 Å². The Balaban J connectivity index is 1.04. The van der Waals surface area contributed by atoms with E-state index in [1.54, 1.807) is 18.2 Å². The molecular formula is C29H23NO8. The van der Waals surface area contributed by atoms with Crippen LogP contribution in [0.25, 0.3) is 0 Å². The van der Waals surface area contributed by atoms with Gasteiger partial charge in [-0.1, -0.05) is 0 Å². The van der Waals surface area contributed by atoms with Crippen molar-refractivity contribution in [2.45, 2.75) is 19.3 Å². The fraction of sp³-hybridized carbons (Fsp3) is 0.276. The normalized spacial score (nSPS) is 23.4. The zero-order valence-corrected chi connectivity index (χ0v) is 20.2. The van der Waals surface area contributed by atoms with Crippen molar-refractivity contribution in [3.05, 3.63) is 83.8 Å². The molecule has 6 rings (SSSR count). The lowest BCUT2D eigenvalue weighted by Gasteiger charge is -2.19. The molecule has 3 fully saturated rings. The standard InChI is InChI=1S/C29H23NO8/c31-22(16-7-11-21(12-8-16)38-29(35)23-2-1-13-36-23)15-37-28(34)17-5-9-20(10-6-17)30-26(32)24-18-3-4-19(14-18)25(24)27(30)33/h1-2,5-13,18-19,24-25H,3-4,14-15H2. The number of carbonyl (C=O) groups is 5. The van der Waals surface area contributed by atoms with Crippen LogP contribution in [-0.4, -0.2) is 36.1 Å². The predicted molar refractivity (Wildman–Crippen MR) is 131 cm³/mol. The van der Waals surface area contributed by atoms with E-state index in [1.165, 1.54) is 53.6 Å². The van der Waals surface area contributed by atoms with Gasteiger partial charge in [0.2, 0.25) is 17.6 Å². The largest absolute Gasteiger partial charge is 0.457 e. The smallest absolute Gasteiger partial charge is 0.379 e. The van der Waals surface area contributed by atoms with Crippen LogP contribution in [0.2, 0.25) is 0 Å². The lowest BCUT2D eigenvalue weighted by Crippen LogP contribution is -2.32. The minimum atomic E-state index is -0.706. The Morgan fingerprint density at radius 3 is 2.05 bits per heavy atom. The van der Waals surface area contributed by atoms with Crippen molar-refractivity contribution >= 4 is 35.2 Å². The van der Waals surface area contributed by atoms with Crippen molar-refractivity contribution < 1.29 is 37.9 Å². The van der Waals surface area contributed by atoms with Crippen molar-refractivity contribution in [2.75, 3.05) is 11.5 Å². The van der Waals surface area contributed by atoms with Crippen molar-refractivity contribution in [1.82, 2.24) is 0 Å². The van der Waals surface area contributed by atoms with Gasteiger partial charge in [0.25, 0.3) is 0 Å². The third kappa shape index (κ3) is 4.09. The first kappa shape index (κ1) is 23.8. The SMILES string of the molecule is O=C(COC(=O)c1ccc(N2C(=O)C3C4CCC(C4)C3C2=O)cc1)c1ccc(OC(=O)c2ccco2)cc1. The Hall–Kier alpha value is -4.53. The van der Waals surface area contributed by atoms with Crippen LogP contribution in [0.4, 0.5) is 5.69 Å². The van der Waals surface area contributed by atoms with Crippen molar-refractivity contribution in [3.63, 3.8) is 0 Å². The number of imide groups is 1. The Morgan fingerprint density at radius 1 is 0.816 bits per heavy atom. The number of Topliss-reactive ketones (excluding diaryl/α,β-unsaturated/α-hetero) is 1. The summed E-state index contributed by atoms with van der Waals surface area (Å²) in [5, 5.41) is 0. The summed E-state index contributed by atoms with van der Waals surface area (Å²) >= 11 is 0.